The second-order valence-electron chi connectivity index (χ2n) is 5.53. The van der Waals surface area contributed by atoms with Crippen molar-refractivity contribution in [3.63, 3.8) is 0 Å². The zero-order chi connectivity index (χ0) is 20.9. The molecule has 0 radical (unpaired) electrons. The number of hydrogen-bond acceptors (Lipinski definition) is 7. The number of halogens is 3. The lowest BCUT2D eigenvalue weighted by molar-refractivity contribution is -0.137. The fourth-order valence-electron chi connectivity index (χ4n) is 2.23. The van der Waals surface area contributed by atoms with Crippen LogP contribution in [-0.2, 0) is 23.2 Å². The maximum Gasteiger partial charge on any atom is 0.416 e. The first-order valence-electron chi connectivity index (χ1n) is 7.21. The molecule has 3 rings (SSSR count). The topological polar surface area (TPSA) is 154 Å². The Morgan fingerprint density at radius 3 is 2.54 bits per heavy atom. The van der Waals surface area contributed by atoms with E-state index in [9.17, 15) is 31.2 Å². The number of fused-ring (bicyclic) bond motifs is 1. The van der Waals surface area contributed by atoms with Crippen LogP contribution in [0.2, 0.25) is 0 Å². The van der Waals surface area contributed by atoms with Gasteiger partial charge in [0.2, 0.25) is 10.0 Å². The van der Waals surface area contributed by atoms with E-state index < -0.39 is 49.6 Å². The Morgan fingerprint density at radius 1 is 1.25 bits per heavy atom. The van der Waals surface area contributed by atoms with Gasteiger partial charge in [0.1, 0.15) is 6.33 Å². The van der Waals surface area contributed by atoms with Gasteiger partial charge in [-0.2, -0.15) is 17.9 Å². The van der Waals surface area contributed by atoms with Gasteiger partial charge >= 0.3 is 11.9 Å². The minimum Gasteiger partial charge on any atom is -0.320 e. The van der Waals surface area contributed by atoms with Crippen molar-refractivity contribution in [2.45, 2.75) is 11.1 Å². The summed E-state index contributed by atoms with van der Waals surface area (Å²) in [6.45, 7) is 0. The molecule has 3 N–H and O–H groups in total. The molecule has 0 aliphatic heterocycles. The van der Waals surface area contributed by atoms with Crippen LogP contribution in [-0.4, -0.2) is 38.7 Å². The number of hydrogen-bond donors (Lipinski definition) is 2. The van der Waals surface area contributed by atoms with E-state index in [0.717, 1.165) is 21.5 Å². The lowest BCUT2D eigenvalue weighted by atomic mass is 10.2. The van der Waals surface area contributed by atoms with Crippen molar-refractivity contribution in [1.82, 2.24) is 24.4 Å². The number of nitrogens with one attached hydrogen (secondary N) is 1. The van der Waals surface area contributed by atoms with E-state index in [1.165, 1.54) is 7.05 Å². The first-order valence-corrected chi connectivity index (χ1v) is 8.76. The van der Waals surface area contributed by atoms with Gasteiger partial charge in [0.25, 0.3) is 5.91 Å². The van der Waals surface area contributed by atoms with Gasteiger partial charge in [0, 0.05) is 12.7 Å². The van der Waals surface area contributed by atoms with E-state index in [1.54, 1.807) is 0 Å². The third kappa shape index (κ3) is 3.56. The number of carbonyl (C=O) groups excluding carboxylic acids is 1. The molecule has 148 valence electrons. The average molecular weight is 417 g/mol. The van der Waals surface area contributed by atoms with Crippen molar-refractivity contribution in [1.29, 1.82) is 0 Å². The first kappa shape index (κ1) is 19.4. The Hall–Kier alpha value is -3.33. The Kier molecular flexibility index (Phi) is 4.43. The summed E-state index contributed by atoms with van der Waals surface area (Å²) >= 11 is 0. The Labute approximate surface area is 153 Å². The average Bonchev–Trinajstić information content (AvgIpc) is 3.01. The highest BCUT2D eigenvalue weighted by molar-refractivity contribution is 7.89. The van der Waals surface area contributed by atoms with Crippen LogP contribution in [0.25, 0.3) is 5.65 Å². The first-order chi connectivity index (χ1) is 12.9. The Morgan fingerprint density at radius 2 is 1.93 bits per heavy atom. The van der Waals surface area contributed by atoms with Gasteiger partial charge in [0.15, 0.2) is 11.3 Å². The van der Waals surface area contributed by atoms with Crippen LogP contribution in [0.3, 0.4) is 0 Å². The number of imidazole rings is 1. The number of anilines is 1. The van der Waals surface area contributed by atoms with Crippen LogP contribution >= 0.6 is 0 Å². The molecule has 0 aliphatic carbocycles. The number of primary sulfonamides is 1. The molecule has 0 unspecified atom stereocenters. The van der Waals surface area contributed by atoms with Crippen LogP contribution in [0, 0.1) is 0 Å². The van der Waals surface area contributed by atoms with Gasteiger partial charge < -0.3 is 5.32 Å². The highest BCUT2D eigenvalue weighted by Gasteiger charge is 2.32. The SMILES string of the molecule is Cn1nnc2c(C(=O)Nc3cc(C(F)(F)F)cc(S(N)(=O)=O)c3)ncn2c1=O. The summed E-state index contributed by atoms with van der Waals surface area (Å²) in [6, 6.07) is 1.62. The quantitative estimate of drug-likeness (QED) is 0.595. The second-order valence-corrected chi connectivity index (χ2v) is 7.09. The number of aryl methyl sites for hydroxylation is 1. The van der Waals surface area contributed by atoms with Gasteiger partial charge in [-0.05, 0) is 18.2 Å². The highest BCUT2D eigenvalue weighted by Crippen LogP contribution is 2.33. The fraction of sp³-hybridized carbons (Fsp3) is 0.154. The van der Waals surface area contributed by atoms with Gasteiger partial charge in [-0.15, -0.1) is 5.10 Å². The molecule has 15 heteroatoms. The number of rotatable bonds is 3. The number of nitrogens with two attached hydrogens (primary N) is 1. The molecule has 0 atom stereocenters. The Balaban J connectivity index is 2.05. The minimum atomic E-state index is -4.89. The molecule has 0 saturated heterocycles. The summed E-state index contributed by atoms with van der Waals surface area (Å²) in [6.07, 6.45) is -3.90. The standard InChI is InChI=1S/C13H10F3N7O4S/c1-22-12(25)23-5-18-9(10(23)20-21-22)11(24)19-7-2-6(13(14,15)16)3-8(4-7)28(17,26)27/h2-5H,1H3,(H,19,24)(H2,17,26,27). The normalized spacial score (nSPS) is 12.3. The van der Waals surface area contributed by atoms with Crippen molar-refractivity contribution < 1.29 is 26.4 Å². The third-order valence-corrected chi connectivity index (χ3v) is 4.43. The van der Waals surface area contributed by atoms with E-state index in [-0.39, 0.29) is 5.65 Å². The fourth-order valence-corrected chi connectivity index (χ4v) is 2.81. The lowest BCUT2D eigenvalue weighted by Crippen LogP contribution is -2.27. The number of alkyl halides is 3. The number of aromatic nitrogens is 5. The Bertz CT molecular complexity index is 1260. The molecule has 0 bridgehead atoms. The van der Waals surface area contributed by atoms with Crippen LogP contribution in [0.1, 0.15) is 16.1 Å². The maximum atomic E-state index is 13.0. The predicted molar refractivity (Wildman–Crippen MR) is 86.8 cm³/mol. The molecule has 0 saturated carbocycles. The summed E-state index contributed by atoms with van der Waals surface area (Å²) in [5, 5.41) is 14.1. The van der Waals surface area contributed by atoms with Gasteiger partial charge in [-0.3, -0.25) is 4.79 Å². The van der Waals surface area contributed by atoms with E-state index in [0.29, 0.717) is 12.1 Å². The second kappa shape index (κ2) is 6.38. The van der Waals surface area contributed by atoms with Gasteiger partial charge in [0.05, 0.1) is 10.5 Å². The molecular weight excluding hydrogens is 407 g/mol. The molecule has 0 aliphatic rings. The van der Waals surface area contributed by atoms with Crippen molar-refractivity contribution >= 4 is 27.3 Å². The summed E-state index contributed by atoms with van der Waals surface area (Å²) < 4.78 is 63.7. The summed E-state index contributed by atoms with van der Waals surface area (Å²) in [4.78, 5) is 27.1. The van der Waals surface area contributed by atoms with E-state index >= 15 is 0 Å². The van der Waals surface area contributed by atoms with Crippen molar-refractivity contribution in [3.05, 3.63) is 46.3 Å². The van der Waals surface area contributed by atoms with Crippen molar-refractivity contribution in [3.8, 4) is 0 Å². The number of nitrogens with zero attached hydrogens (tertiary/aromatic N) is 5. The summed E-state index contributed by atoms with van der Waals surface area (Å²) in [5.41, 5.74) is -3.13. The largest absolute Gasteiger partial charge is 0.416 e. The molecule has 11 nitrogen and oxygen atoms in total. The van der Waals surface area contributed by atoms with E-state index in [4.69, 9.17) is 5.14 Å². The minimum absolute atomic E-state index is 0.237. The molecule has 0 spiro atoms. The molecule has 0 fully saturated rings. The van der Waals surface area contributed by atoms with E-state index in [2.05, 4.69) is 20.6 Å². The zero-order valence-corrected chi connectivity index (χ0v) is 14.6. The molecular formula is C13H10F3N7O4S. The van der Waals surface area contributed by atoms with Crippen LogP contribution < -0.4 is 16.1 Å². The van der Waals surface area contributed by atoms with Crippen LogP contribution in [0.15, 0.2) is 34.2 Å². The van der Waals surface area contributed by atoms with Crippen LogP contribution in [0.4, 0.5) is 18.9 Å². The molecule has 3 aromatic rings. The van der Waals surface area contributed by atoms with Crippen molar-refractivity contribution in [2.75, 3.05) is 5.32 Å². The molecule has 1 amide bonds. The van der Waals surface area contributed by atoms with E-state index in [1.807, 2.05) is 0 Å². The van der Waals surface area contributed by atoms with Crippen molar-refractivity contribution in [2.24, 2.45) is 12.2 Å². The molecule has 2 aromatic heterocycles. The van der Waals surface area contributed by atoms with Crippen LogP contribution in [0.5, 0.6) is 0 Å². The maximum absolute atomic E-state index is 13.0. The van der Waals surface area contributed by atoms with Gasteiger partial charge in [-0.25, -0.2) is 27.7 Å². The monoisotopic (exact) mass is 417 g/mol. The zero-order valence-electron chi connectivity index (χ0n) is 13.8. The number of amides is 1. The third-order valence-electron chi connectivity index (χ3n) is 3.53. The van der Waals surface area contributed by atoms with Gasteiger partial charge in [-0.1, -0.05) is 5.21 Å². The predicted octanol–water partition coefficient (Wildman–Crippen LogP) is -0.258. The lowest BCUT2D eigenvalue weighted by Gasteiger charge is -2.12. The number of sulfonamides is 1. The smallest absolute Gasteiger partial charge is 0.320 e. The molecule has 1 aromatic carbocycles. The summed E-state index contributed by atoms with van der Waals surface area (Å²) in [7, 11) is -3.17. The molecule has 28 heavy (non-hydrogen) atoms. The highest BCUT2D eigenvalue weighted by atomic mass is 32.2. The number of benzene rings is 1. The summed E-state index contributed by atoms with van der Waals surface area (Å²) in [5.74, 6) is -1.04. The molecule has 2 heterocycles. The number of carbonyl (C=O) groups is 1.